The van der Waals surface area contributed by atoms with Gasteiger partial charge in [0.15, 0.2) is 0 Å². The van der Waals surface area contributed by atoms with Crippen LogP contribution in [0.4, 0.5) is 10.5 Å². The van der Waals surface area contributed by atoms with Gasteiger partial charge in [0.1, 0.15) is 0 Å². The number of benzene rings is 1. The largest absolute Gasteiger partial charge is 0.453 e. The molecule has 0 aromatic heterocycles. The fraction of sp³-hybridized carbons (Fsp3) is 0.364. The molecule has 0 saturated carbocycles. The van der Waals surface area contributed by atoms with Gasteiger partial charge in [-0.1, -0.05) is 18.2 Å². The minimum atomic E-state index is -0.547. The van der Waals surface area contributed by atoms with E-state index in [-0.39, 0.29) is 12.6 Å². The number of nitrogens with one attached hydrogen (secondary N) is 2. The van der Waals surface area contributed by atoms with Crippen LogP contribution in [0.2, 0.25) is 0 Å². The molecule has 0 bridgehead atoms. The average Bonchev–Trinajstić information content (AvgIpc) is 2.35. The van der Waals surface area contributed by atoms with Crippen LogP contribution in [-0.2, 0) is 4.74 Å². The summed E-state index contributed by atoms with van der Waals surface area (Å²) in [7, 11) is 1.29. The highest BCUT2D eigenvalue weighted by molar-refractivity contribution is 5.67. The van der Waals surface area contributed by atoms with E-state index in [0.717, 1.165) is 5.69 Å². The van der Waals surface area contributed by atoms with Gasteiger partial charge in [-0.25, -0.2) is 4.79 Å². The summed E-state index contributed by atoms with van der Waals surface area (Å²) >= 11 is 0. The molecule has 1 aromatic rings. The summed E-state index contributed by atoms with van der Waals surface area (Å²) in [5, 5.41) is 14.6. The number of methoxy groups -OCH3 is 1. The molecule has 5 heteroatoms. The second-order valence-electron chi connectivity index (χ2n) is 3.26. The minimum Gasteiger partial charge on any atom is -0.453 e. The third-order valence-electron chi connectivity index (χ3n) is 2.05. The van der Waals surface area contributed by atoms with Gasteiger partial charge in [-0.3, -0.25) is 0 Å². The van der Waals surface area contributed by atoms with E-state index in [1.54, 1.807) is 0 Å². The number of para-hydroxylation sites is 1. The van der Waals surface area contributed by atoms with Crippen molar-refractivity contribution in [1.29, 1.82) is 0 Å². The van der Waals surface area contributed by atoms with Crippen LogP contribution in [0.3, 0.4) is 0 Å². The van der Waals surface area contributed by atoms with Crippen LogP contribution in [0.25, 0.3) is 0 Å². The van der Waals surface area contributed by atoms with Gasteiger partial charge in [0, 0.05) is 12.2 Å². The van der Waals surface area contributed by atoms with E-state index in [9.17, 15) is 4.79 Å². The minimum absolute atomic E-state index is 0.144. The summed E-state index contributed by atoms with van der Waals surface area (Å²) in [4.78, 5) is 10.9. The molecular weight excluding hydrogens is 208 g/mol. The Bertz CT molecular complexity index is 316. The average molecular weight is 224 g/mol. The molecule has 88 valence electrons. The summed E-state index contributed by atoms with van der Waals surface area (Å²) in [6.45, 7) is 0.296. The molecule has 16 heavy (non-hydrogen) atoms. The Morgan fingerprint density at radius 1 is 1.44 bits per heavy atom. The van der Waals surface area contributed by atoms with E-state index >= 15 is 0 Å². The molecule has 0 spiro atoms. The monoisotopic (exact) mass is 224 g/mol. The van der Waals surface area contributed by atoms with E-state index in [0.29, 0.717) is 6.54 Å². The van der Waals surface area contributed by atoms with Gasteiger partial charge in [0.05, 0.1) is 19.8 Å². The van der Waals surface area contributed by atoms with Gasteiger partial charge in [0.25, 0.3) is 0 Å². The number of alkyl carbamates (subject to hydrolysis) is 1. The standard InChI is InChI=1S/C11H16N2O3/c1-16-11(15)13-10(8-14)7-12-9-5-3-2-4-6-9/h2-6,10,12,14H,7-8H2,1H3,(H,13,15). The maximum atomic E-state index is 10.9. The first-order chi connectivity index (χ1) is 7.76. The lowest BCUT2D eigenvalue weighted by Crippen LogP contribution is -2.42. The zero-order chi connectivity index (χ0) is 11.8. The molecule has 3 N–H and O–H groups in total. The summed E-state index contributed by atoms with van der Waals surface area (Å²) in [5.74, 6) is 0. The van der Waals surface area contributed by atoms with Gasteiger partial charge in [-0.05, 0) is 12.1 Å². The molecule has 0 saturated heterocycles. The summed E-state index contributed by atoms with van der Waals surface area (Å²) in [5.41, 5.74) is 0.938. The number of aliphatic hydroxyl groups excluding tert-OH is 1. The van der Waals surface area contributed by atoms with Crippen LogP contribution >= 0.6 is 0 Å². The first-order valence-corrected chi connectivity index (χ1v) is 5.00. The number of carbonyl (C=O) groups is 1. The second-order valence-corrected chi connectivity index (χ2v) is 3.26. The van der Waals surface area contributed by atoms with Crippen molar-refractivity contribution in [1.82, 2.24) is 5.32 Å². The van der Waals surface area contributed by atoms with E-state index in [1.807, 2.05) is 30.3 Å². The predicted molar refractivity (Wildman–Crippen MR) is 61.3 cm³/mol. The molecule has 0 aliphatic carbocycles. The highest BCUT2D eigenvalue weighted by Crippen LogP contribution is 2.04. The number of carbonyl (C=O) groups excluding carboxylic acids is 1. The van der Waals surface area contributed by atoms with Gasteiger partial charge < -0.3 is 20.5 Å². The maximum absolute atomic E-state index is 10.9. The van der Waals surface area contributed by atoms with Crippen molar-refractivity contribution in [3.8, 4) is 0 Å². The third-order valence-corrected chi connectivity index (χ3v) is 2.05. The van der Waals surface area contributed by atoms with Crippen molar-refractivity contribution in [2.75, 3.05) is 25.6 Å². The third kappa shape index (κ3) is 4.18. The van der Waals surface area contributed by atoms with Gasteiger partial charge >= 0.3 is 6.09 Å². The van der Waals surface area contributed by atoms with Gasteiger partial charge in [-0.15, -0.1) is 0 Å². The molecule has 0 radical (unpaired) electrons. The van der Waals surface area contributed by atoms with Gasteiger partial charge in [-0.2, -0.15) is 0 Å². The normalized spacial score (nSPS) is 11.6. The Kier molecular flexibility index (Phi) is 5.15. The molecule has 0 aliphatic rings. The van der Waals surface area contributed by atoms with Crippen molar-refractivity contribution in [2.45, 2.75) is 6.04 Å². The number of rotatable bonds is 5. The van der Waals surface area contributed by atoms with Crippen LogP contribution < -0.4 is 10.6 Å². The zero-order valence-corrected chi connectivity index (χ0v) is 9.14. The molecule has 1 atom stereocenters. The van der Waals surface area contributed by atoms with Crippen molar-refractivity contribution in [2.24, 2.45) is 0 Å². The number of amides is 1. The molecule has 1 unspecified atom stereocenters. The van der Waals surface area contributed by atoms with Crippen LogP contribution in [0.15, 0.2) is 30.3 Å². The summed E-state index contributed by atoms with van der Waals surface area (Å²) < 4.78 is 4.45. The second kappa shape index (κ2) is 6.68. The molecule has 1 rings (SSSR count). The Morgan fingerprint density at radius 2 is 2.12 bits per heavy atom. The quantitative estimate of drug-likeness (QED) is 0.692. The van der Waals surface area contributed by atoms with Gasteiger partial charge in [0.2, 0.25) is 0 Å². The number of hydrogen-bond acceptors (Lipinski definition) is 4. The van der Waals surface area contributed by atoms with E-state index in [2.05, 4.69) is 15.4 Å². The topological polar surface area (TPSA) is 70.6 Å². The fourth-order valence-corrected chi connectivity index (χ4v) is 1.18. The molecule has 0 aliphatic heterocycles. The predicted octanol–water partition coefficient (Wildman–Crippen LogP) is 0.815. The Labute approximate surface area is 94.4 Å². The lowest BCUT2D eigenvalue weighted by atomic mass is 10.3. The molecule has 0 fully saturated rings. The zero-order valence-electron chi connectivity index (χ0n) is 9.14. The van der Waals surface area contributed by atoms with Crippen molar-refractivity contribution >= 4 is 11.8 Å². The van der Waals surface area contributed by atoms with Crippen LogP contribution in [0.5, 0.6) is 0 Å². The smallest absolute Gasteiger partial charge is 0.407 e. The maximum Gasteiger partial charge on any atom is 0.407 e. The lowest BCUT2D eigenvalue weighted by molar-refractivity contribution is 0.158. The van der Waals surface area contributed by atoms with Crippen LogP contribution in [0, 0.1) is 0 Å². The number of ether oxygens (including phenoxy) is 1. The first-order valence-electron chi connectivity index (χ1n) is 5.00. The SMILES string of the molecule is COC(=O)NC(CO)CNc1ccccc1. The fourth-order valence-electron chi connectivity index (χ4n) is 1.18. The lowest BCUT2D eigenvalue weighted by Gasteiger charge is -2.16. The highest BCUT2D eigenvalue weighted by atomic mass is 16.5. The molecule has 0 heterocycles. The van der Waals surface area contributed by atoms with Crippen LogP contribution in [0.1, 0.15) is 0 Å². The molecule has 5 nitrogen and oxygen atoms in total. The Balaban J connectivity index is 2.37. The van der Waals surface area contributed by atoms with E-state index in [1.165, 1.54) is 7.11 Å². The Morgan fingerprint density at radius 3 is 2.69 bits per heavy atom. The van der Waals surface area contributed by atoms with Crippen molar-refractivity contribution in [3.63, 3.8) is 0 Å². The van der Waals surface area contributed by atoms with Crippen molar-refractivity contribution in [3.05, 3.63) is 30.3 Å². The summed E-state index contributed by atoms with van der Waals surface area (Å²) in [6.07, 6.45) is -0.547. The molecule has 1 amide bonds. The Hall–Kier alpha value is -1.75. The molecular formula is C11H16N2O3. The number of anilines is 1. The van der Waals surface area contributed by atoms with Crippen LogP contribution in [-0.4, -0.2) is 37.5 Å². The van der Waals surface area contributed by atoms with E-state index in [4.69, 9.17) is 5.11 Å². The van der Waals surface area contributed by atoms with E-state index < -0.39 is 6.09 Å². The molecule has 1 aromatic carbocycles. The van der Waals surface area contributed by atoms with Crippen molar-refractivity contribution < 1.29 is 14.6 Å². The summed E-state index contributed by atoms with van der Waals surface area (Å²) in [6, 6.07) is 9.18. The first kappa shape index (κ1) is 12.3. The number of hydrogen-bond donors (Lipinski definition) is 3. The number of aliphatic hydroxyl groups is 1. The highest BCUT2D eigenvalue weighted by Gasteiger charge is 2.10.